The van der Waals surface area contributed by atoms with Gasteiger partial charge in [0.2, 0.25) is 5.16 Å². The number of benzene rings is 2. The van der Waals surface area contributed by atoms with Crippen LogP contribution in [0.3, 0.4) is 0 Å². The van der Waals surface area contributed by atoms with E-state index in [4.69, 9.17) is 23.2 Å². The van der Waals surface area contributed by atoms with Crippen molar-refractivity contribution >= 4 is 46.5 Å². The minimum absolute atomic E-state index is 0.0678. The highest BCUT2D eigenvalue weighted by Gasteiger charge is 2.28. The van der Waals surface area contributed by atoms with Crippen molar-refractivity contribution in [3.8, 4) is 0 Å². The van der Waals surface area contributed by atoms with E-state index in [-0.39, 0.29) is 11.7 Å². The van der Waals surface area contributed by atoms with Gasteiger partial charge in [0, 0.05) is 28.4 Å². The number of carbonyl (C=O) groups is 1. The second kappa shape index (κ2) is 8.02. The van der Waals surface area contributed by atoms with Crippen molar-refractivity contribution in [3.63, 3.8) is 0 Å². The third kappa shape index (κ3) is 3.95. The maximum atomic E-state index is 12.8. The average molecular weight is 455 g/mol. The molecule has 0 radical (unpaired) electrons. The molecule has 2 heterocycles. The Kier molecular flexibility index (Phi) is 5.23. The van der Waals surface area contributed by atoms with E-state index in [9.17, 15) is 4.79 Å². The Labute approximate surface area is 187 Å². The van der Waals surface area contributed by atoms with Gasteiger partial charge in [-0.1, -0.05) is 59.2 Å². The molecule has 8 heteroatoms. The van der Waals surface area contributed by atoms with E-state index < -0.39 is 0 Å². The summed E-state index contributed by atoms with van der Waals surface area (Å²) in [6.45, 7) is 0. The second-order valence-electron chi connectivity index (χ2n) is 7.24. The van der Waals surface area contributed by atoms with E-state index in [0.717, 1.165) is 16.8 Å². The fourth-order valence-electron chi connectivity index (χ4n) is 3.70. The summed E-state index contributed by atoms with van der Waals surface area (Å²) in [6, 6.07) is 15.4. The zero-order valence-corrected chi connectivity index (χ0v) is 18.1. The molecule has 0 bridgehead atoms. The molecule has 0 fully saturated rings. The molecule has 1 atom stereocenters. The molecule has 1 unspecified atom stereocenters. The van der Waals surface area contributed by atoms with Crippen molar-refractivity contribution in [1.29, 1.82) is 0 Å². The smallest absolute Gasteiger partial charge is 0.253 e. The molecule has 0 amide bonds. The van der Waals surface area contributed by atoms with Gasteiger partial charge in [-0.3, -0.25) is 4.79 Å². The van der Waals surface area contributed by atoms with Crippen LogP contribution in [0.1, 0.15) is 39.5 Å². The maximum absolute atomic E-state index is 12.8. The lowest BCUT2D eigenvalue weighted by Crippen LogP contribution is -2.21. The van der Waals surface area contributed by atoms with Gasteiger partial charge < -0.3 is 0 Å². The molecule has 0 aliphatic heterocycles. The first-order valence-corrected chi connectivity index (χ1v) is 11.2. The van der Waals surface area contributed by atoms with Crippen LogP contribution >= 0.6 is 35.0 Å². The monoisotopic (exact) mass is 454 g/mol. The molecule has 2 aromatic carbocycles. The van der Waals surface area contributed by atoms with Gasteiger partial charge >= 0.3 is 0 Å². The highest BCUT2D eigenvalue weighted by molar-refractivity contribution is 7.98. The van der Waals surface area contributed by atoms with Crippen LogP contribution in [0.15, 0.2) is 59.9 Å². The first kappa shape index (κ1) is 19.5. The largest absolute Gasteiger partial charge is 0.294 e. The molecule has 150 valence electrons. The van der Waals surface area contributed by atoms with Crippen LogP contribution in [0.5, 0.6) is 0 Å². The number of carbonyl (C=O) groups excluding carboxylic acids is 1. The standard InChI is InChI=1S/C22H16Cl2N4OS/c23-16-5-1-3-13(7-16)12-30-22-26-21-25-19-9-15(14-4-2-6-17(24)8-14)10-20(29)18(19)11-28(21)27-22/h1-8,11,15H,9-10,12H2. The molecule has 1 aliphatic rings. The molecule has 30 heavy (non-hydrogen) atoms. The summed E-state index contributed by atoms with van der Waals surface area (Å²) in [5, 5.41) is 6.48. The van der Waals surface area contributed by atoms with E-state index in [1.807, 2.05) is 48.5 Å². The van der Waals surface area contributed by atoms with E-state index in [2.05, 4.69) is 15.1 Å². The van der Waals surface area contributed by atoms with Crippen molar-refractivity contribution in [3.05, 3.63) is 87.2 Å². The van der Waals surface area contributed by atoms with Crippen LogP contribution in [0, 0.1) is 0 Å². The number of fused-ring (bicyclic) bond motifs is 2. The lowest BCUT2D eigenvalue weighted by atomic mass is 9.82. The van der Waals surface area contributed by atoms with Crippen molar-refractivity contribution < 1.29 is 4.79 Å². The Morgan fingerprint density at radius 2 is 1.83 bits per heavy atom. The van der Waals surface area contributed by atoms with Crippen LogP contribution in [0.4, 0.5) is 0 Å². The average Bonchev–Trinajstić information content (AvgIpc) is 3.13. The summed E-state index contributed by atoms with van der Waals surface area (Å²) in [5.74, 6) is 1.34. The van der Waals surface area contributed by atoms with Gasteiger partial charge in [0.25, 0.3) is 5.78 Å². The van der Waals surface area contributed by atoms with E-state index in [1.165, 1.54) is 11.8 Å². The molecule has 5 rings (SSSR count). The van der Waals surface area contributed by atoms with Gasteiger partial charge in [-0.25, -0.2) is 9.50 Å². The van der Waals surface area contributed by atoms with Crippen LogP contribution in [0.2, 0.25) is 10.0 Å². The van der Waals surface area contributed by atoms with E-state index in [0.29, 0.717) is 45.1 Å². The zero-order chi connectivity index (χ0) is 20.7. The highest BCUT2D eigenvalue weighted by atomic mass is 35.5. The molecular weight excluding hydrogens is 439 g/mol. The number of nitrogens with zero attached hydrogens (tertiary/aromatic N) is 4. The fraction of sp³-hybridized carbons (Fsp3) is 0.182. The quantitative estimate of drug-likeness (QED) is 0.373. The first-order valence-electron chi connectivity index (χ1n) is 9.47. The van der Waals surface area contributed by atoms with Crippen LogP contribution < -0.4 is 0 Å². The number of halogens is 2. The molecule has 0 saturated heterocycles. The van der Waals surface area contributed by atoms with Crippen molar-refractivity contribution in [2.75, 3.05) is 0 Å². The molecule has 0 N–H and O–H groups in total. The Balaban J connectivity index is 1.41. The molecule has 4 aromatic rings. The number of ketones is 1. The summed E-state index contributed by atoms with van der Waals surface area (Å²) in [7, 11) is 0. The van der Waals surface area contributed by atoms with E-state index >= 15 is 0 Å². The van der Waals surface area contributed by atoms with Crippen LogP contribution in [-0.2, 0) is 12.2 Å². The molecule has 1 aliphatic carbocycles. The van der Waals surface area contributed by atoms with Gasteiger partial charge in [0.15, 0.2) is 5.78 Å². The lowest BCUT2D eigenvalue weighted by Gasteiger charge is -2.23. The van der Waals surface area contributed by atoms with Gasteiger partial charge in [0.1, 0.15) is 0 Å². The predicted octanol–water partition coefficient (Wildman–Crippen LogP) is 5.64. The van der Waals surface area contributed by atoms with Crippen LogP contribution in [-0.4, -0.2) is 25.4 Å². The van der Waals surface area contributed by atoms with Gasteiger partial charge in [-0.2, -0.15) is 4.98 Å². The van der Waals surface area contributed by atoms with Gasteiger partial charge in [0.05, 0.1) is 11.3 Å². The molecule has 5 nitrogen and oxygen atoms in total. The normalized spacial score (nSPS) is 16.1. The van der Waals surface area contributed by atoms with Gasteiger partial charge in [-0.05, 0) is 47.7 Å². The topological polar surface area (TPSA) is 60.2 Å². The fourth-order valence-corrected chi connectivity index (χ4v) is 4.88. The minimum atomic E-state index is 0.0678. The first-order chi connectivity index (χ1) is 14.5. The van der Waals surface area contributed by atoms with Crippen molar-refractivity contribution in [2.45, 2.75) is 29.7 Å². The highest BCUT2D eigenvalue weighted by Crippen LogP contribution is 2.33. The molecule has 0 spiro atoms. The zero-order valence-electron chi connectivity index (χ0n) is 15.8. The summed E-state index contributed by atoms with van der Waals surface area (Å²) >= 11 is 13.7. The summed E-state index contributed by atoms with van der Waals surface area (Å²) in [6.07, 6.45) is 2.87. The third-order valence-corrected chi connectivity index (χ3v) is 6.52. The Morgan fingerprint density at radius 1 is 1.03 bits per heavy atom. The number of hydrogen-bond acceptors (Lipinski definition) is 5. The number of aromatic nitrogens is 4. The Morgan fingerprint density at radius 3 is 2.63 bits per heavy atom. The summed E-state index contributed by atoms with van der Waals surface area (Å²) < 4.78 is 1.59. The van der Waals surface area contributed by atoms with Gasteiger partial charge in [-0.15, -0.1) is 5.10 Å². The van der Waals surface area contributed by atoms with Crippen molar-refractivity contribution in [1.82, 2.24) is 19.6 Å². The van der Waals surface area contributed by atoms with E-state index in [1.54, 1.807) is 10.7 Å². The third-order valence-electron chi connectivity index (χ3n) is 5.14. The Bertz CT molecular complexity index is 1270. The summed E-state index contributed by atoms with van der Waals surface area (Å²) in [4.78, 5) is 22.0. The minimum Gasteiger partial charge on any atom is -0.294 e. The Hall–Kier alpha value is -2.41. The second-order valence-corrected chi connectivity index (χ2v) is 9.06. The predicted molar refractivity (Wildman–Crippen MR) is 119 cm³/mol. The number of thioether (sulfide) groups is 1. The van der Waals surface area contributed by atoms with Crippen LogP contribution in [0.25, 0.3) is 5.78 Å². The lowest BCUT2D eigenvalue weighted by molar-refractivity contribution is 0.0962. The number of rotatable bonds is 4. The molecular formula is C22H16Cl2N4OS. The number of Topliss-reactive ketones (excluding diaryl/α,β-unsaturated/α-hetero) is 1. The molecule has 2 aromatic heterocycles. The maximum Gasteiger partial charge on any atom is 0.253 e. The van der Waals surface area contributed by atoms with Crippen molar-refractivity contribution in [2.24, 2.45) is 0 Å². The molecule has 0 saturated carbocycles. The SMILES string of the molecule is O=C1CC(c2cccc(Cl)c2)Cc2nc3nc(SCc4cccc(Cl)c4)nn3cc21. The summed E-state index contributed by atoms with van der Waals surface area (Å²) in [5.41, 5.74) is 3.54. The number of hydrogen-bond donors (Lipinski definition) is 0.